The van der Waals surface area contributed by atoms with E-state index in [4.69, 9.17) is 4.42 Å². The highest BCUT2D eigenvalue weighted by Crippen LogP contribution is 2.43. The molecule has 0 saturated heterocycles. The molecule has 2 atom stereocenters. The van der Waals surface area contributed by atoms with Crippen LogP contribution in [0.2, 0.25) is 0 Å². The summed E-state index contributed by atoms with van der Waals surface area (Å²) in [4.78, 5) is 17.3. The average molecular weight is 350 g/mol. The van der Waals surface area contributed by atoms with Crippen molar-refractivity contribution in [2.75, 3.05) is 5.32 Å². The molecule has 0 radical (unpaired) electrons. The molecule has 1 aliphatic carbocycles. The molecule has 0 spiro atoms. The average Bonchev–Trinajstić information content (AvgIpc) is 3.31. The van der Waals surface area contributed by atoms with Crippen LogP contribution in [-0.4, -0.2) is 20.5 Å². The van der Waals surface area contributed by atoms with Gasteiger partial charge in [-0.05, 0) is 36.2 Å². The van der Waals surface area contributed by atoms with E-state index in [1.54, 1.807) is 23.1 Å². The van der Waals surface area contributed by atoms with Gasteiger partial charge in [0, 0.05) is 23.6 Å². The Labute approximate surface area is 148 Å². The second-order valence-corrected chi connectivity index (χ2v) is 6.55. The van der Waals surface area contributed by atoms with Crippen LogP contribution >= 0.6 is 0 Å². The van der Waals surface area contributed by atoms with Crippen molar-refractivity contribution in [2.24, 2.45) is 0 Å². The minimum Gasteiger partial charge on any atom is -0.469 e. The number of aromatic nitrogens is 3. The van der Waals surface area contributed by atoms with E-state index in [-0.39, 0.29) is 17.5 Å². The minimum atomic E-state index is -0.482. The lowest BCUT2D eigenvalue weighted by Crippen LogP contribution is -2.33. The van der Waals surface area contributed by atoms with Crippen molar-refractivity contribution < 1.29 is 13.6 Å². The van der Waals surface area contributed by atoms with Gasteiger partial charge in [0.2, 0.25) is 5.95 Å². The van der Waals surface area contributed by atoms with E-state index in [0.29, 0.717) is 29.9 Å². The third kappa shape index (κ3) is 2.28. The lowest BCUT2D eigenvalue weighted by Gasteiger charge is -2.34. The van der Waals surface area contributed by atoms with E-state index >= 15 is 0 Å². The van der Waals surface area contributed by atoms with Gasteiger partial charge in [-0.3, -0.25) is 4.79 Å². The lowest BCUT2D eigenvalue weighted by molar-refractivity contribution is -0.117. The molecule has 2 aliphatic rings. The number of ketones is 1. The highest BCUT2D eigenvalue weighted by Gasteiger charge is 2.39. The summed E-state index contributed by atoms with van der Waals surface area (Å²) in [6.45, 7) is 0. The molecule has 1 N–H and O–H groups in total. The summed E-state index contributed by atoms with van der Waals surface area (Å²) in [5.74, 6) is 0.982. The Balaban J connectivity index is 1.63. The highest BCUT2D eigenvalue weighted by molar-refractivity contribution is 6.00. The van der Waals surface area contributed by atoms with E-state index in [0.717, 1.165) is 11.5 Å². The molecule has 0 fully saturated rings. The number of halogens is 1. The quantitative estimate of drug-likeness (QED) is 0.767. The zero-order chi connectivity index (χ0) is 17.7. The summed E-state index contributed by atoms with van der Waals surface area (Å²) in [5.41, 5.74) is 2.10. The van der Waals surface area contributed by atoms with Gasteiger partial charge in [-0.1, -0.05) is 12.1 Å². The number of fused-ring (bicyclic) bond motifs is 1. The molecule has 0 amide bonds. The van der Waals surface area contributed by atoms with Gasteiger partial charge >= 0.3 is 0 Å². The molecule has 3 aromatic rings. The number of allylic oxidation sites excluding steroid dienone is 2. The van der Waals surface area contributed by atoms with Crippen molar-refractivity contribution in [2.45, 2.75) is 24.8 Å². The van der Waals surface area contributed by atoms with Crippen molar-refractivity contribution in [3.63, 3.8) is 0 Å². The minimum absolute atomic E-state index is 0.00978. The third-order valence-electron chi connectivity index (χ3n) is 4.97. The molecule has 26 heavy (non-hydrogen) atoms. The van der Waals surface area contributed by atoms with E-state index in [1.807, 2.05) is 12.1 Å². The van der Waals surface area contributed by atoms with E-state index in [1.165, 1.54) is 18.5 Å². The van der Waals surface area contributed by atoms with Crippen LogP contribution in [0.5, 0.6) is 0 Å². The van der Waals surface area contributed by atoms with Crippen LogP contribution < -0.4 is 5.32 Å². The number of hydrogen-bond donors (Lipinski definition) is 1. The first-order valence-electron chi connectivity index (χ1n) is 8.42. The second kappa shape index (κ2) is 5.66. The molecular formula is C19H15FN4O2. The highest BCUT2D eigenvalue weighted by atomic mass is 19.1. The van der Waals surface area contributed by atoms with E-state index in [9.17, 15) is 9.18 Å². The third-order valence-corrected chi connectivity index (χ3v) is 4.97. The van der Waals surface area contributed by atoms with Crippen molar-refractivity contribution in [1.82, 2.24) is 14.8 Å². The molecule has 0 saturated carbocycles. The Hall–Kier alpha value is -3.22. The number of benzene rings is 1. The SMILES string of the molecule is O=C1CC(c2ccco2)CC2=C1C(c1cccc(F)c1)n1ncnc1N2. The first kappa shape index (κ1) is 15.1. The Morgan fingerprint density at radius 3 is 2.96 bits per heavy atom. The lowest BCUT2D eigenvalue weighted by atomic mass is 9.79. The van der Waals surface area contributed by atoms with Crippen LogP contribution in [0.3, 0.4) is 0 Å². The number of nitrogens with one attached hydrogen (secondary N) is 1. The van der Waals surface area contributed by atoms with Crippen LogP contribution in [0.4, 0.5) is 10.3 Å². The van der Waals surface area contributed by atoms with Crippen molar-refractivity contribution in [3.05, 3.63) is 77.4 Å². The van der Waals surface area contributed by atoms with Gasteiger partial charge in [0.05, 0.1) is 6.26 Å². The maximum absolute atomic E-state index is 13.8. The first-order valence-corrected chi connectivity index (χ1v) is 8.42. The van der Waals surface area contributed by atoms with Gasteiger partial charge in [-0.15, -0.1) is 0 Å². The molecule has 7 heteroatoms. The smallest absolute Gasteiger partial charge is 0.226 e. The first-order chi connectivity index (χ1) is 12.7. The number of anilines is 1. The maximum atomic E-state index is 13.8. The van der Waals surface area contributed by atoms with Crippen LogP contribution in [0, 0.1) is 5.82 Å². The molecule has 1 aliphatic heterocycles. The fraction of sp³-hybridized carbons (Fsp3) is 0.211. The van der Waals surface area contributed by atoms with Gasteiger partial charge in [0.25, 0.3) is 0 Å². The van der Waals surface area contributed by atoms with Gasteiger partial charge in [-0.25, -0.2) is 9.07 Å². The number of rotatable bonds is 2. The van der Waals surface area contributed by atoms with E-state index in [2.05, 4.69) is 15.4 Å². The molecule has 2 unspecified atom stereocenters. The fourth-order valence-corrected chi connectivity index (χ4v) is 3.86. The van der Waals surface area contributed by atoms with Gasteiger partial charge in [0.1, 0.15) is 23.9 Å². The Bertz CT molecular complexity index is 1020. The standard InChI is InChI=1S/C19H15FN4O2/c20-13-4-1-3-11(7-13)18-17-14(23-19-21-10-22-24(18)19)8-12(9-15(17)25)16-5-2-6-26-16/h1-7,10,12,18H,8-9H2,(H,21,22,23). The van der Waals surface area contributed by atoms with Crippen LogP contribution in [0.1, 0.15) is 36.1 Å². The summed E-state index contributed by atoms with van der Waals surface area (Å²) < 4.78 is 21.0. The summed E-state index contributed by atoms with van der Waals surface area (Å²) in [6.07, 6.45) is 4.03. The maximum Gasteiger partial charge on any atom is 0.226 e. The molecule has 6 nitrogen and oxygen atoms in total. The fourth-order valence-electron chi connectivity index (χ4n) is 3.86. The number of Topliss-reactive ketones (excluding diaryl/α,β-unsaturated/α-hetero) is 1. The molecule has 0 bridgehead atoms. The van der Waals surface area contributed by atoms with E-state index < -0.39 is 6.04 Å². The number of carbonyl (C=O) groups is 1. The Morgan fingerprint density at radius 2 is 2.15 bits per heavy atom. The summed E-state index contributed by atoms with van der Waals surface area (Å²) >= 11 is 0. The van der Waals surface area contributed by atoms with Crippen LogP contribution in [-0.2, 0) is 4.79 Å². The molecule has 5 rings (SSSR count). The molecule has 130 valence electrons. The van der Waals surface area contributed by atoms with Gasteiger partial charge < -0.3 is 9.73 Å². The predicted molar refractivity (Wildman–Crippen MR) is 90.9 cm³/mol. The summed E-state index contributed by atoms with van der Waals surface area (Å²) in [5, 5.41) is 7.48. The van der Waals surface area contributed by atoms with Crippen LogP contribution in [0.25, 0.3) is 0 Å². The summed E-state index contributed by atoms with van der Waals surface area (Å²) in [7, 11) is 0. The topological polar surface area (TPSA) is 73.0 Å². The van der Waals surface area contributed by atoms with Crippen molar-refractivity contribution in [3.8, 4) is 0 Å². The number of furan rings is 1. The molecule has 3 heterocycles. The zero-order valence-corrected chi connectivity index (χ0v) is 13.7. The molecular weight excluding hydrogens is 335 g/mol. The van der Waals surface area contributed by atoms with Gasteiger partial charge in [-0.2, -0.15) is 10.1 Å². The predicted octanol–water partition coefficient (Wildman–Crippen LogP) is 3.43. The normalized spacial score (nSPS) is 22.0. The summed E-state index contributed by atoms with van der Waals surface area (Å²) in [6, 6.07) is 9.51. The largest absolute Gasteiger partial charge is 0.469 e. The zero-order valence-electron chi connectivity index (χ0n) is 13.7. The Kier molecular flexibility index (Phi) is 3.28. The Morgan fingerprint density at radius 1 is 1.23 bits per heavy atom. The number of carbonyl (C=O) groups excluding carboxylic acids is 1. The molecule has 1 aromatic carbocycles. The monoisotopic (exact) mass is 350 g/mol. The van der Waals surface area contributed by atoms with Crippen molar-refractivity contribution in [1.29, 1.82) is 0 Å². The van der Waals surface area contributed by atoms with Gasteiger partial charge in [0.15, 0.2) is 5.78 Å². The number of hydrogen-bond acceptors (Lipinski definition) is 5. The number of nitrogens with zero attached hydrogens (tertiary/aromatic N) is 3. The molecule has 2 aromatic heterocycles. The van der Waals surface area contributed by atoms with Crippen molar-refractivity contribution >= 4 is 11.7 Å². The second-order valence-electron chi connectivity index (χ2n) is 6.55. The van der Waals surface area contributed by atoms with Crippen LogP contribution in [0.15, 0.2) is 64.7 Å².